The zero-order chi connectivity index (χ0) is 13.9. The van der Waals surface area contributed by atoms with E-state index in [0.29, 0.717) is 17.3 Å². The molecule has 0 radical (unpaired) electrons. The first kappa shape index (κ1) is 14.2. The molecule has 106 valence electrons. The van der Waals surface area contributed by atoms with Crippen LogP contribution in [0.4, 0.5) is 5.69 Å². The summed E-state index contributed by atoms with van der Waals surface area (Å²) in [6, 6.07) is 4.57. The van der Waals surface area contributed by atoms with Crippen LogP contribution in [0.25, 0.3) is 0 Å². The van der Waals surface area contributed by atoms with E-state index in [4.69, 9.17) is 4.74 Å². The molecule has 19 heavy (non-hydrogen) atoms. The topological polar surface area (TPSA) is 34.1 Å². The van der Waals surface area contributed by atoms with Gasteiger partial charge in [-0.1, -0.05) is 20.8 Å². The minimum absolute atomic E-state index is 0.449. The summed E-state index contributed by atoms with van der Waals surface area (Å²) in [6.07, 6.45) is 6.95. The Morgan fingerprint density at radius 3 is 2.47 bits per heavy atom. The van der Waals surface area contributed by atoms with Crippen LogP contribution in [0.15, 0.2) is 18.3 Å². The second-order valence-corrected chi connectivity index (χ2v) is 6.65. The van der Waals surface area contributed by atoms with Gasteiger partial charge in [0.2, 0.25) is 5.88 Å². The maximum absolute atomic E-state index is 5.15. The summed E-state index contributed by atoms with van der Waals surface area (Å²) in [5, 5.41) is 3.61. The quantitative estimate of drug-likeness (QED) is 0.890. The number of aromatic nitrogens is 1. The summed E-state index contributed by atoms with van der Waals surface area (Å²) in [5.74, 6) is 1.53. The Morgan fingerprint density at radius 1 is 1.21 bits per heavy atom. The monoisotopic (exact) mass is 262 g/mol. The molecular weight excluding hydrogens is 236 g/mol. The van der Waals surface area contributed by atoms with Gasteiger partial charge in [-0.2, -0.15) is 0 Å². The lowest BCUT2D eigenvalue weighted by molar-refractivity contribution is 0.173. The van der Waals surface area contributed by atoms with Crippen molar-refractivity contribution in [1.29, 1.82) is 0 Å². The summed E-state index contributed by atoms with van der Waals surface area (Å²) in [5.41, 5.74) is 1.57. The first-order valence-electron chi connectivity index (χ1n) is 7.25. The number of ether oxygens (including phenoxy) is 1. The number of pyridine rings is 1. The van der Waals surface area contributed by atoms with Crippen molar-refractivity contribution in [1.82, 2.24) is 4.98 Å². The fourth-order valence-electron chi connectivity index (χ4n) is 2.95. The molecule has 0 aliphatic heterocycles. The molecule has 1 heterocycles. The average molecular weight is 262 g/mol. The van der Waals surface area contributed by atoms with E-state index in [-0.39, 0.29) is 0 Å². The molecule has 1 aromatic rings. The highest BCUT2D eigenvalue weighted by Gasteiger charge is 2.29. The van der Waals surface area contributed by atoms with Gasteiger partial charge in [0.1, 0.15) is 0 Å². The predicted molar refractivity (Wildman–Crippen MR) is 79.6 cm³/mol. The Balaban J connectivity index is 1.88. The van der Waals surface area contributed by atoms with Crippen molar-refractivity contribution in [3.8, 4) is 5.88 Å². The Morgan fingerprint density at radius 2 is 1.89 bits per heavy atom. The number of methoxy groups -OCH3 is 1. The molecule has 1 aliphatic rings. The average Bonchev–Trinajstić information content (AvgIpc) is 2.38. The van der Waals surface area contributed by atoms with Gasteiger partial charge in [-0.05, 0) is 43.1 Å². The summed E-state index contributed by atoms with van der Waals surface area (Å²) < 4.78 is 5.15. The Kier molecular flexibility index (Phi) is 4.33. The first-order valence-corrected chi connectivity index (χ1v) is 7.25. The fourth-order valence-corrected chi connectivity index (χ4v) is 2.95. The third kappa shape index (κ3) is 3.85. The van der Waals surface area contributed by atoms with Crippen molar-refractivity contribution < 1.29 is 4.74 Å². The van der Waals surface area contributed by atoms with Crippen molar-refractivity contribution in [2.75, 3.05) is 12.4 Å². The van der Waals surface area contributed by atoms with Gasteiger partial charge in [0, 0.05) is 24.0 Å². The Hall–Kier alpha value is -1.25. The van der Waals surface area contributed by atoms with E-state index in [1.54, 1.807) is 13.3 Å². The van der Waals surface area contributed by atoms with E-state index in [1.807, 2.05) is 12.1 Å². The van der Waals surface area contributed by atoms with Gasteiger partial charge in [0.05, 0.1) is 7.11 Å². The number of nitrogens with one attached hydrogen (secondary N) is 1. The molecule has 0 amide bonds. The summed E-state index contributed by atoms with van der Waals surface area (Å²) in [7, 11) is 1.65. The molecule has 0 aromatic carbocycles. The van der Waals surface area contributed by atoms with Gasteiger partial charge < -0.3 is 10.1 Å². The number of rotatable bonds is 3. The highest BCUT2D eigenvalue weighted by atomic mass is 16.5. The molecule has 2 rings (SSSR count). The number of anilines is 1. The van der Waals surface area contributed by atoms with Crippen LogP contribution in [0.2, 0.25) is 0 Å². The second kappa shape index (κ2) is 5.81. The van der Waals surface area contributed by atoms with Crippen molar-refractivity contribution in [2.45, 2.75) is 52.5 Å². The van der Waals surface area contributed by atoms with E-state index in [1.165, 1.54) is 25.7 Å². The van der Waals surface area contributed by atoms with E-state index in [0.717, 1.165) is 11.6 Å². The van der Waals surface area contributed by atoms with Gasteiger partial charge in [0.25, 0.3) is 0 Å². The van der Waals surface area contributed by atoms with Gasteiger partial charge in [-0.15, -0.1) is 0 Å². The molecule has 0 spiro atoms. The normalized spacial score (nSPS) is 24.0. The molecule has 0 saturated heterocycles. The van der Waals surface area contributed by atoms with Crippen LogP contribution in [0.5, 0.6) is 5.88 Å². The fraction of sp³-hybridized carbons (Fsp3) is 0.688. The third-order valence-electron chi connectivity index (χ3n) is 4.27. The summed E-state index contributed by atoms with van der Waals surface area (Å²) in [6.45, 7) is 7.08. The van der Waals surface area contributed by atoms with Crippen LogP contribution in [0, 0.1) is 11.3 Å². The highest BCUT2D eigenvalue weighted by molar-refractivity contribution is 5.45. The van der Waals surface area contributed by atoms with Gasteiger partial charge in [-0.25, -0.2) is 4.98 Å². The van der Waals surface area contributed by atoms with Crippen LogP contribution < -0.4 is 10.1 Å². The number of hydrogen-bond donors (Lipinski definition) is 1. The van der Waals surface area contributed by atoms with Crippen molar-refractivity contribution in [3.63, 3.8) is 0 Å². The standard InChI is InChI=1S/C16H26N2O/c1-16(2,3)12-5-7-13(8-6-12)18-14-9-10-17-15(11-14)19-4/h9-13H,5-8H2,1-4H3,(H,17,18). The molecule has 0 atom stereocenters. The second-order valence-electron chi connectivity index (χ2n) is 6.65. The molecule has 0 bridgehead atoms. The summed E-state index contributed by atoms with van der Waals surface area (Å²) >= 11 is 0. The van der Waals surface area contributed by atoms with E-state index in [2.05, 4.69) is 31.1 Å². The lowest BCUT2D eigenvalue weighted by atomic mass is 9.71. The highest BCUT2D eigenvalue weighted by Crippen LogP contribution is 2.38. The minimum Gasteiger partial charge on any atom is -0.481 e. The van der Waals surface area contributed by atoms with E-state index < -0.39 is 0 Å². The molecule has 1 fully saturated rings. The molecule has 3 nitrogen and oxygen atoms in total. The number of nitrogens with zero attached hydrogens (tertiary/aromatic N) is 1. The van der Waals surface area contributed by atoms with Crippen molar-refractivity contribution >= 4 is 5.69 Å². The van der Waals surface area contributed by atoms with E-state index >= 15 is 0 Å². The largest absolute Gasteiger partial charge is 0.481 e. The molecule has 1 aliphatic carbocycles. The summed E-state index contributed by atoms with van der Waals surface area (Å²) in [4.78, 5) is 4.13. The predicted octanol–water partition coefficient (Wildman–Crippen LogP) is 4.11. The Labute approximate surface area is 116 Å². The maximum atomic E-state index is 5.15. The first-order chi connectivity index (χ1) is 8.99. The zero-order valence-electron chi connectivity index (χ0n) is 12.6. The SMILES string of the molecule is COc1cc(NC2CCC(C(C)(C)C)CC2)ccn1. The molecule has 1 saturated carbocycles. The molecule has 1 N–H and O–H groups in total. The van der Waals surface area contributed by atoms with Crippen LogP contribution in [-0.4, -0.2) is 18.1 Å². The van der Waals surface area contributed by atoms with Crippen LogP contribution in [-0.2, 0) is 0 Å². The molecule has 1 aromatic heterocycles. The van der Waals surface area contributed by atoms with Crippen molar-refractivity contribution in [2.24, 2.45) is 11.3 Å². The van der Waals surface area contributed by atoms with Crippen LogP contribution in [0.1, 0.15) is 46.5 Å². The minimum atomic E-state index is 0.449. The smallest absolute Gasteiger partial charge is 0.214 e. The van der Waals surface area contributed by atoms with Gasteiger partial charge in [0.15, 0.2) is 0 Å². The lowest BCUT2D eigenvalue weighted by Crippen LogP contribution is -2.31. The number of hydrogen-bond acceptors (Lipinski definition) is 3. The Bertz CT molecular complexity index is 403. The maximum Gasteiger partial charge on any atom is 0.214 e. The molecular formula is C16H26N2O. The van der Waals surface area contributed by atoms with Crippen LogP contribution >= 0.6 is 0 Å². The van der Waals surface area contributed by atoms with Gasteiger partial charge in [-0.3, -0.25) is 0 Å². The van der Waals surface area contributed by atoms with Gasteiger partial charge >= 0.3 is 0 Å². The lowest BCUT2D eigenvalue weighted by Gasteiger charge is -2.37. The van der Waals surface area contributed by atoms with Crippen LogP contribution in [0.3, 0.4) is 0 Å². The third-order valence-corrected chi connectivity index (χ3v) is 4.27. The molecule has 0 unspecified atom stereocenters. The van der Waals surface area contributed by atoms with Crippen molar-refractivity contribution in [3.05, 3.63) is 18.3 Å². The van der Waals surface area contributed by atoms with E-state index in [9.17, 15) is 0 Å². The zero-order valence-corrected chi connectivity index (χ0v) is 12.6. The molecule has 3 heteroatoms.